The van der Waals surface area contributed by atoms with Crippen molar-refractivity contribution >= 4 is 17.0 Å². The number of hydrogen-bond donors (Lipinski definition) is 1. The molecule has 1 unspecified atom stereocenters. The minimum Gasteiger partial charge on any atom is -0.478 e. The lowest BCUT2D eigenvalue weighted by atomic mass is 10.1. The van der Waals surface area contributed by atoms with Gasteiger partial charge in [-0.25, -0.2) is 9.48 Å². The first-order valence-electron chi connectivity index (χ1n) is 5.72. The number of carboxylic acid groups (broad SMARTS) is 1. The van der Waals surface area contributed by atoms with Crippen LogP contribution in [0, 0.1) is 0 Å². The van der Waals surface area contributed by atoms with Gasteiger partial charge in [-0.2, -0.15) is 0 Å². The van der Waals surface area contributed by atoms with E-state index in [0.29, 0.717) is 11.0 Å². The molecular formula is C12H15N3O2. The maximum absolute atomic E-state index is 11.2. The van der Waals surface area contributed by atoms with Crippen molar-refractivity contribution in [1.82, 2.24) is 15.0 Å². The molecule has 1 heterocycles. The van der Waals surface area contributed by atoms with E-state index in [1.165, 1.54) is 0 Å². The second-order valence-electron chi connectivity index (χ2n) is 4.15. The van der Waals surface area contributed by atoms with Crippen LogP contribution in [-0.2, 0) is 0 Å². The molecule has 0 aliphatic rings. The van der Waals surface area contributed by atoms with Crippen LogP contribution in [0.2, 0.25) is 0 Å². The third-order valence-electron chi connectivity index (χ3n) is 2.85. The zero-order valence-corrected chi connectivity index (χ0v) is 9.92. The van der Waals surface area contributed by atoms with Gasteiger partial charge in [-0.05, 0) is 25.5 Å². The van der Waals surface area contributed by atoms with Crippen molar-refractivity contribution < 1.29 is 9.90 Å². The maximum Gasteiger partial charge on any atom is 0.337 e. The lowest BCUT2D eigenvalue weighted by Gasteiger charge is -2.11. The van der Waals surface area contributed by atoms with Gasteiger partial charge in [0.05, 0.1) is 11.6 Å². The minimum atomic E-state index is -0.942. The van der Waals surface area contributed by atoms with Gasteiger partial charge in [-0.1, -0.05) is 24.6 Å². The third-order valence-corrected chi connectivity index (χ3v) is 2.85. The number of para-hydroxylation sites is 1. The Morgan fingerprint density at radius 1 is 1.53 bits per heavy atom. The maximum atomic E-state index is 11.2. The highest BCUT2D eigenvalue weighted by molar-refractivity contribution is 6.00. The van der Waals surface area contributed by atoms with Crippen LogP contribution in [0.4, 0.5) is 0 Å². The van der Waals surface area contributed by atoms with Crippen LogP contribution in [0.15, 0.2) is 18.2 Å². The lowest BCUT2D eigenvalue weighted by Crippen LogP contribution is -2.09. The Bertz CT molecular complexity index is 548. The largest absolute Gasteiger partial charge is 0.478 e. The van der Waals surface area contributed by atoms with Crippen molar-refractivity contribution in [2.45, 2.75) is 32.7 Å². The van der Waals surface area contributed by atoms with Gasteiger partial charge in [0.25, 0.3) is 0 Å². The Balaban J connectivity index is 2.61. The zero-order valence-electron chi connectivity index (χ0n) is 9.92. The molecule has 0 saturated heterocycles. The summed E-state index contributed by atoms with van der Waals surface area (Å²) in [6.45, 7) is 4.12. The van der Waals surface area contributed by atoms with Crippen LogP contribution in [0.5, 0.6) is 0 Å². The minimum absolute atomic E-state index is 0.158. The number of carbonyl (C=O) groups is 1. The van der Waals surface area contributed by atoms with E-state index >= 15 is 0 Å². The molecule has 1 N–H and O–H groups in total. The summed E-state index contributed by atoms with van der Waals surface area (Å²) in [5.41, 5.74) is 1.50. The van der Waals surface area contributed by atoms with Crippen LogP contribution < -0.4 is 0 Å². The molecule has 0 aliphatic heterocycles. The van der Waals surface area contributed by atoms with Crippen LogP contribution in [0.25, 0.3) is 11.0 Å². The Hall–Kier alpha value is -1.91. The number of aromatic nitrogens is 3. The number of benzene rings is 1. The van der Waals surface area contributed by atoms with Crippen LogP contribution in [-0.4, -0.2) is 26.1 Å². The van der Waals surface area contributed by atoms with Crippen molar-refractivity contribution in [3.63, 3.8) is 0 Å². The molecule has 1 aromatic heterocycles. The van der Waals surface area contributed by atoms with Gasteiger partial charge in [-0.15, -0.1) is 5.10 Å². The van der Waals surface area contributed by atoms with Crippen molar-refractivity contribution in [2.24, 2.45) is 0 Å². The molecule has 1 aromatic carbocycles. The van der Waals surface area contributed by atoms with E-state index in [0.717, 1.165) is 12.8 Å². The second-order valence-corrected chi connectivity index (χ2v) is 4.15. The Labute approximate surface area is 99.1 Å². The zero-order chi connectivity index (χ0) is 12.4. The van der Waals surface area contributed by atoms with Gasteiger partial charge < -0.3 is 5.11 Å². The summed E-state index contributed by atoms with van der Waals surface area (Å²) >= 11 is 0. The summed E-state index contributed by atoms with van der Waals surface area (Å²) in [4.78, 5) is 11.2. The summed E-state index contributed by atoms with van der Waals surface area (Å²) in [6, 6.07) is 5.22. The fourth-order valence-corrected chi connectivity index (χ4v) is 2.02. The standard InChI is InChI=1S/C12H15N3O2/c1-3-5-8(2)15-11-9(12(16)17)6-4-7-10(11)13-14-15/h4,6-8H,3,5H2,1-2H3,(H,16,17). The van der Waals surface area contributed by atoms with Crippen LogP contribution in [0.3, 0.4) is 0 Å². The second kappa shape index (κ2) is 4.53. The lowest BCUT2D eigenvalue weighted by molar-refractivity contribution is 0.0698. The van der Waals surface area contributed by atoms with Crippen molar-refractivity contribution in [1.29, 1.82) is 0 Å². The van der Waals surface area contributed by atoms with Gasteiger partial charge in [0.2, 0.25) is 0 Å². The van der Waals surface area contributed by atoms with E-state index < -0.39 is 5.97 Å². The number of nitrogens with zero attached hydrogens (tertiary/aromatic N) is 3. The highest BCUT2D eigenvalue weighted by Gasteiger charge is 2.17. The first-order valence-corrected chi connectivity index (χ1v) is 5.72. The molecule has 90 valence electrons. The SMILES string of the molecule is CCCC(C)n1nnc2cccc(C(=O)O)c21. The van der Waals surface area contributed by atoms with E-state index in [9.17, 15) is 4.79 Å². The molecule has 0 spiro atoms. The average molecular weight is 233 g/mol. The predicted octanol–water partition coefficient (Wildman–Crippen LogP) is 2.49. The van der Waals surface area contributed by atoms with Crippen molar-refractivity contribution in [3.05, 3.63) is 23.8 Å². The van der Waals surface area contributed by atoms with Crippen molar-refractivity contribution in [3.8, 4) is 0 Å². The molecule has 1 atom stereocenters. The van der Waals surface area contributed by atoms with Gasteiger partial charge in [0, 0.05) is 0 Å². The molecule has 0 fully saturated rings. The summed E-state index contributed by atoms with van der Waals surface area (Å²) in [5, 5.41) is 17.2. The fourth-order valence-electron chi connectivity index (χ4n) is 2.02. The summed E-state index contributed by atoms with van der Waals surface area (Å²) in [6.07, 6.45) is 1.98. The molecule has 5 heteroatoms. The van der Waals surface area contributed by atoms with E-state index in [1.807, 2.05) is 6.92 Å². The molecule has 5 nitrogen and oxygen atoms in total. The molecule has 0 amide bonds. The van der Waals surface area contributed by atoms with Crippen LogP contribution in [0.1, 0.15) is 43.1 Å². The number of carboxylic acids is 1. The summed E-state index contributed by atoms with van der Waals surface area (Å²) in [7, 11) is 0. The molecular weight excluding hydrogens is 218 g/mol. The number of aromatic carboxylic acids is 1. The number of hydrogen-bond acceptors (Lipinski definition) is 3. The topological polar surface area (TPSA) is 68.0 Å². The molecule has 17 heavy (non-hydrogen) atoms. The monoisotopic (exact) mass is 233 g/mol. The van der Waals surface area contributed by atoms with Gasteiger partial charge >= 0.3 is 5.97 Å². The Kier molecular flexibility index (Phi) is 3.08. The highest BCUT2D eigenvalue weighted by Crippen LogP contribution is 2.22. The third kappa shape index (κ3) is 2.00. The summed E-state index contributed by atoms with van der Waals surface area (Å²) in [5.74, 6) is -0.942. The molecule has 0 aliphatic carbocycles. The molecule has 0 bridgehead atoms. The highest BCUT2D eigenvalue weighted by atomic mass is 16.4. The van der Waals surface area contributed by atoms with Crippen molar-refractivity contribution in [2.75, 3.05) is 0 Å². The molecule has 0 radical (unpaired) electrons. The molecule has 2 aromatic rings. The number of fused-ring (bicyclic) bond motifs is 1. The first kappa shape index (κ1) is 11.6. The van der Waals surface area contributed by atoms with Crippen LogP contribution >= 0.6 is 0 Å². The van der Waals surface area contributed by atoms with Gasteiger partial charge in [0.15, 0.2) is 0 Å². The number of rotatable bonds is 4. The molecule has 2 rings (SSSR count). The van der Waals surface area contributed by atoms with E-state index in [2.05, 4.69) is 17.2 Å². The Morgan fingerprint density at radius 3 is 2.94 bits per heavy atom. The summed E-state index contributed by atoms with van der Waals surface area (Å²) < 4.78 is 1.71. The smallest absolute Gasteiger partial charge is 0.337 e. The fraction of sp³-hybridized carbons (Fsp3) is 0.417. The van der Waals surface area contributed by atoms with Gasteiger partial charge in [-0.3, -0.25) is 0 Å². The quantitative estimate of drug-likeness (QED) is 0.880. The first-order chi connectivity index (χ1) is 8.15. The molecule has 0 saturated carbocycles. The van der Waals surface area contributed by atoms with E-state index in [4.69, 9.17) is 5.11 Å². The normalized spacial score (nSPS) is 12.8. The average Bonchev–Trinajstić information content (AvgIpc) is 2.72. The predicted molar refractivity (Wildman–Crippen MR) is 64.1 cm³/mol. The Morgan fingerprint density at radius 2 is 2.29 bits per heavy atom. The van der Waals surface area contributed by atoms with E-state index in [1.54, 1.807) is 22.9 Å². The van der Waals surface area contributed by atoms with Gasteiger partial charge in [0.1, 0.15) is 11.0 Å². The van der Waals surface area contributed by atoms with E-state index in [-0.39, 0.29) is 11.6 Å².